The van der Waals surface area contributed by atoms with Crippen molar-refractivity contribution in [2.75, 3.05) is 0 Å². The van der Waals surface area contributed by atoms with E-state index in [-0.39, 0.29) is 17.1 Å². The van der Waals surface area contributed by atoms with Crippen LogP contribution >= 0.6 is 0 Å². The number of hydrogen-bond acceptors (Lipinski definition) is 4. The fourth-order valence-electron chi connectivity index (χ4n) is 2.69. The van der Waals surface area contributed by atoms with Crippen LogP contribution in [0.1, 0.15) is 13.8 Å². The van der Waals surface area contributed by atoms with Crippen LogP contribution in [0.2, 0.25) is 0 Å². The van der Waals surface area contributed by atoms with Gasteiger partial charge in [-0.1, -0.05) is 37.3 Å². The van der Waals surface area contributed by atoms with E-state index in [9.17, 15) is 21.0 Å². The molecule has 0 heterocycles. The Morgan fingerprint density at radius 2 is 1.26 bits per heavy atom. The fraction of sp³-hybridized carbons (Fsp3) is 0.158. The summed E-state index contributed by atoms with van der Waals surface area (Å²) in [5.41, 5.74) is 2.91. The first-order valence-corrected chi connectivity index (χ1v) is 7.00. The van der Waals surface area contributed by atoms with Gasteiger partial charge in [-0.3, -0.25) is 0 Å². The highest BCUT2D eigenvalue weighted by Gasteiger charge is 2.32. The molecule has 0 fully saturated rings. The third-order valence-electron chi connectivity index (χ3n) is 3.74. The number of rotatable bonds is 0. The van der Waals surface area contributed by atoms with E-state index < -0.39 is 0 Å². The molecular formula is C19H12N4. The van der Waals surface area contributed by atoms with Crippen molar-refractivity contribution in [1.29, 1.82) is 21.0 Å². The van der Waals surface area contributed by atoms with E-state index in [1.807, 2.05) is 55.5 Å². The molecule has 0 spiro atoms. The van der Waals surface area contributed by atoms with Crippen LogP contribution in [0.4, 0.5) is 0 Å². The van der Waals surface area contributed by atoms with Crippen molar-refractivity contribution in [3.05, 3.63) is 69.4 Å². The molecule has 23 heavy (non-hydrogen) atoms. The predicted octanol–water partition coefficient (Wildman–Crippen LogP) is 3.69. The number of hydrogen-bond donors (Lipinski definition) is 0. The SMILES string of the molecule is CC=C1C(=C(C#N)C#N)C2=C(C=CC(C)C=C2)C1=C(C#N)C#N. The lowest BCUT2D eigenvalue weighted by atomic mass is 9.94. The number of allylic oxidation sites excluding steroid dienone is 12. The van der Waals surface area contributed by atoms with E-state index in [1.54, 1.807) is 13.0 Å². The Bertz CT molecular complexity index is 816. The van der Waals surface area contributed by atoms with Crippen molar-refractivity contribution in [3.8, 4) is 24.3 Å². The van der Waals surface area contributed by atoms with Crippen LogP contribution in [0.3, 0.4) is 0 Å². The molecule has 2 aliphatic carbocycles. The van der Waals surface area contributed by atoms with E-state index in [0.29, 0.717) is 27.9 Å². The molecule has 0 aromatic heterocycles. The van der Waals surface area contributed by atoms with Crippen LogP contribution in [-0.2, 0) is 0 Å². The van der Waals surface area contributed by atoms with Crippen LogP contribution in [0.5, 0.6) is 0 Å². The van der Waals surface area contributed by atoms with E-state index in [4.69, 9.17) is 0 Å². The van der Waals surface area contributed by atoms with Gasteiger partial charge in [0.2, 0.25) is 0 Å². The second-order valence-corrected chi connectivity index (χ2v) is 5.05. The largest absolute Gasteiger partial charge is 0.192 e. The Morgan fingerprint density at radius 1 is 0.870 bits per heavy atom. The summed E-state index contributed by atoms with van der Waals surface area (Å²) in [7, 11) is 0. The number of nitrogens with zero attached hydrogens (tertiary/aromatic N) is 4. The molecule has 0 amide bonds. The lowest BCUT2D eigenvalue weighted by Gasteiger charge is -2.06. The van der Waals surface area contributed by atoms with Gasteiger partial charge in [-0.15, -0.1) is 0 Å². The first-order valence-electron chi connectivity index (χ1n) is 7.00. The van der Waals surface area contributed by atoms with Crippen molar-refractivity contribution in [1.82, 2.24) is 0 Å². The molecule has 0 aromatic rings. The van der Waals surface area contributed by atoms with Crippen molar-refractivity contribution in [3.63, 3.8) is 0 Å². The second-order valence-electron chi connectivity index (χ2n) is 5.05. The molecule has 0 unspecified atom stereocenters. The summed E-state index contributed by atoms with van der Waals surface area (Å²) in [5, 5.41) is 37.1. The minimum absolute atomic E-state index is 0.0246. The maximum Gasteiger partial charge on any atom is 0.138 e. The zero-order chi connectivity index (χ0) is 17.0. The first kappa shape index (κ1) is 15.8. The van der Waals surface area contributed by atoms with Gasteiger partial charge in [0.25, 0.3) is 0 Å². The number of nitriles is 4. The third kappa shape index (κ3) is 2.51. The molecule has 0 bridgehead atoms. The molecule has 0 atom stereocenters. The lowest BCUT2D eigenvalue weighted by Crippen LogP contribution is -1.95. The van der Waals surface area contributed by atoms with E-state index in [1.165, 1.54) is 0 Å². The predicted molar refractivity (Wildman–Crippen MR) is 84.7 cm³/mol. The van der Waals surface area contributed by atoms with Crippen LogP contribution in [0.15, 0.2) is 69.4 Å². The van der Waals surface area contributed by atoms with E-state index in [0.717, 1.165) is 0 Å². The zero-order valence-electron chi connectivity index (χ0n) is 12.8. The highest BCUT2D eigenvalue weighted by atomic mass is 14.4. The molecule has 4 nitrogen and oxygen atoms in total. The van der Waals surface area contributed by atoms with Crippen molar-refractivity contribution in [2.24, 2.45) is 5.92 Å². The molecular weight excluding hydrogens is 284 g/mol. The summed E-state index contributed by atoms with van der Waals surface area (Å²) in [6.07, 6.45) is 9.35. The minimum Gasteiger partial charge on any atom is -0.192 e. The summed E-state index contributed by atoms with van der Waals surface area (Å²) >= 11 is 0. The Kier molecular flexibility index (Phi) is 4.42. The van der Waals surface area contributed by atoms with Crippen LogP contribution in [-0.4, -0.2) is 0 Å². The van der Waals surface area contributed by atoms with Crippen molar-refractivity contribution >= 4 is 0 Å². The molecule has 2 rings (SSSR count). The summed E-state index contributed by atoms with van der Waals surface area (Å²) in [4.78, 5) is 0. The maximum absolute atomic E-state index is 9.28. The van der Waals surface area contributed by atoms with Gasteiger partial charge in [-0.2, -0.15) is 21.0 Å². The molecule has 2 aliphatic rings. The highest BCUT2D eigenvalue weighted by molar-refractivity contribution is 5.82. The van der Waals surface area contributed by atoms with Crippen molar-refractivity contribution in [2.45, 2.75) is 13.8 Å². The van der Waals surface area contributed by atoms with Gasteiger partial charge in [0, 0.05) is 11.1 Å². The minimum atomic E-state index is -0.0246. The van der Waals surface area contributed by atoms with E-state index >= 15 is 0 Å². The first-order chi connectivity index (χ1) is 11.1. The molecule has 4 heteroatoms. The van der Waals surface area contributed by atoms with Crippen molar-refractivity contribution < 1.29 is 0 Å². The van der Waals surface area contributed by atoms with Gasteiger partial charge in [-0.05, 0) is 29.6 Å². The van der Waals surface area contributed by atoms with Gasteiger partial charge in [0.15, 0.2) is 0 Å². The molecule has 0 N–H and O–H groups in total. The molecule has 0 aliphatic heterocycles. The monoisotopic (exact) mass is 296 g/mol. The summed E-state index contributed by atoms with van der Waals surface area (Å²) in [6, 6.07) is 7.66. The Morgan fingerprint density at radius 3 is 1.57 bits per heavy atom. The average molecular weight is 296 g/mol. The zero-order valence-corrected chi connectivity index (χ0v) is 12.8. The maximum atomic E-state index is 9.28. The van der Waals surface area contributed by atoms with E-state index in [2.05, 4.69) is 0 Å². The molecule has 0 radical (unpaired) electrons. The average Bonchev–Trinajstić information content (AvgIpc) is 2.74. The second kappa shape index (κ2) is 6.44. The Balaban J connectivity index is 2.99. The highest BCUT2D eigenvalue weighted by Crippen LogP contribution is 2.45. The standard InChI is InChI=1S/C19H12N4/c1-3-15-18(13(8-20)9-21)16-6-4-12(2)5-7-17(16)19(15)14(10-22)11-23/h3-7,12H,1-2H3. The van der Waals surface area contributed by atoms with Crippen LogP contribution in [0, 0.1) is 51.2 Å². The van der Waals surface area contributed by atoms with Gasteiger partial charge < -0.3 is 0 Å². The summed E-state index contributed by atoms with van der Waals surface area (Å²) in [6.45, 7) is 3.76. The van der Waals surface area contributed by atoms with Crippen LogP contribution < -0.4 is 0 Å². The summed E-state index contributed by atoms with van der Waals surface area (Å²) in [5.74, 6) is 0.178. The quantitative estimate of drug-likeness (QED) is 0.637. The fourth-order valence-corrected chi connectivity index (χ4v) is 2.69. The van der Waals surface area contributed by atoms with Gasteiger partial charge in [0.1, 0.15) is 35.4 Å². The van der Waals surface area contributed by atoms with Gasteiger partial charge in [-0.25, -0.2) is 0 Å². The smallest absolute Gasteiger partial charge is 0.138 e. The summed E-state index contributed by atoms with van der Waals surface area (Å²) < 4.78 is 0. The molecule has 0 saturated carbocycles. The Hall–Kier alpha value is -3.60. The van der Waals surface area contributed by atoms with Crippen LogP contribution in [0.25, 0.3) is 0 Å². The Labute approximate surface area is 135 Å². The molecule has 0 saturated heterocycles. The molecule has 0 aromatic carbocycles. The lowest BCUT2D eigenvalue weighted by molar-refractivity contribution is 0.941. The topological polar surface area (TPSA) is 95.2 Å². The normalized spacial score (nSPS) is 16.0. The third-order valence-corrected chi connectivity index (χ3v) is 3.74. The van der Waals surface area contributed by atoms with Gasteiger partial charge in [0.05, 0.1) is 0 Å². The van der Waals surface area contributed by atoms with Gasteiger partial charge >= 0.3 is 0 Å². The molecule has 108 valence electrons.